The summed E-state index contributed by atoms with van der Waals surface area (Å²) < 4.78 is 0. The second kappa shape index (κ2) is 16.4. The molecule has 0 aromatic heterocycles. The number of amides is 3. The molecule has 0 unspecified atom stereocenters. The third kappa shape index (κ3) is 11.2. The van der Waals surface area contributed by atoms with Crippen LogP contribution in [0.15, 0.2) is 42.5 Å². The SMILES string of the molecule is CC(C)CNC(=O)[C@H](C)C[C@H](O)[C@H](CC(C)C)NC(=O)[C@H](Cc1ccc([N+](=O)[O-])cc1)NC(=O)c1ccc(Cl)cc1Cl. The maximum Gasteiger partial charge on any atom is 0.269 e. The lowest BCUT2D eigenvalue weighted by Gasteiger charge is -2.29. The quantitative estimate of drug-likeness (QED) is 0.163. The lowest BCUT2D eigenvalue weighted by atomic mass is 9.92. The number of aliphatic hydroxyl groups excluding tert-OH is 1. The van der Waals surface area contributed by atoms with E-state index < -0.39 is 40.8 Å². The summed E-state index contributed by atoms with van der Waals surface area (Å²) in [4.78, 5) is 49.9. The molecule has 0 aliphatic rings. The Morgan fingerprint density at radius 3 is 2.10 bits per heavy atom. The van der Waals surface area contributed by atoms with E-state index in [2.05, 4.69) is 16.0 Å². The van der Waals surface area contributed by atoms with Crippen LogP contribution in [-0.4, -0.2) is 52.5 Å². The van der Waals surface area contributed by atoms with Crippen molar-refractivity contribution in [2.24, 2.45) is 17.8 Å². The number of nitrogens with one attached hydrogen (secondary N) is 3. The van der Waals surface area contributed by atoms with Gasteiger partial charge in [-0.25, -0.2) is 0 Å². The molecular formula is C30H40Cl2N4O6. The van der Waals surface area contributed by atoms with Gasteiger partial charge in [0.15, 0.2) is 0 Å². The van der Waals surface area contributed by atoms with Gasteiger partial charge in [0.25, 0.3) is 11.6 Å². The van der Waals surface area contributed by atoms with Crippen LogP contribution in [0.5, 0.6) is 0 Å². The Labute approximate surface area is 256 Å². The first-order valence-electron chi connectivity index (χ1n) is 13.9. The normalized spacial score (nSPS) is 14.1. The van der Waals surface area contributed by atoms with Crippen LogP contribution in [0.2, 0.25) is 10.0 Å². The zero-order chi connectivity index (χ0) is 31.6. The summed E-state index contributed by atoms with van der Waals surface area (Å²) in [6.07, 6.45) is -0.465. The van der Waals surface area contributed by atoms with Gasteiger partial charge in [0.05, 0.1) is 27.7 Å². The number of nitrogens with zero attached hydrogens (tertiary/aromatic N) is 1. The maximum atomic E-state index is 13.6. The number of hydrogen-bond donors (Lipinski definition) is 4. The largest absolute Gasteiger partial charge is 0.391 e. The molecule has 10 nitrogen and oxygen atoms in total. The fourth-order valence-corrected chi connectivity index (χ4v) is 4.82. The highest BCUT2D eigenvalue weighted by molar-refractivity contribution is 6.36. The van der Waals surface area contributed by atoms with Crippen molar-refractivity contribution in [2.45, 2.75) is 72.1 Å². The van der Waals surface area contributed by atoms with E-state index in [4.69, 9.17) is 23.2 Å². The summed E-state index contributed by atoms with van der Waals surface area (Å²) in [7, 11) is 0. The molecule has 4 N–H and O–H groups in total. The minimum Gasteiger partial charge on any atom is -0.391 e. The average Bonchev–Trinajstić information content (AvgIpc) is 2.90. The van der Waals surface area contributed by atoms with Crippen LogP contribution in [0.25, 0.3) is 0 Å². The van der Waals surface area contributed by atoms with Crippen molar-refractivity contribution in [3.05, 3.63) is 73.8 Å². The van der Waals surface area contributed by atoms with Crippen LogP contribution in [-0.2, 0) is 16.0 Å². The Balaban J connectivity index is 2.28. The Hall–Kier alpha value is -3.21. The standard InChI is InChI=1S/C30H40Cl2N4O6/c1-17(2)12-25(27(37)13-19(5)28(38)33-16-18(3)4)34-30(40)26(14-20-6-9-22(10-7-20)36(41)42)35-29(39)23-11-8-21(31)15-24(23)32/h6-11,15,17-19,25-27,37H,12-14,16H2,1-5H3,(H,33,38)(H,34,40)(H,35,39)/t19-,25+,26+,27+/m1/s1. The van der Waals surface area contributed by atoms with Gasteiger partial charge in [-0.05, 0) is 48.4 Å². The first-order chi connectivity index (χ1) is 19.7. The minimum absolute atomic E-state index is 0.0132. The number of carbonyl (C=O) groups excluding carboxylic acids is 3. The highest BCUT2D eigenvalue weighted by Gasteiger charge is 2.30. The molecule has 12 heteroatoms. The molecule has 0 bridgehead atoms. The van der Waals surface area contributed by atoms with Crippen LogP contribution in [0.1, 0.15) is 63.4 Å². The number of hydrogen-bond acceptors (Lipinski definition) is 6. The summed E-state index contributed by atoms with van der Waals surface area (Å²) in [5.74, 6) is -1.47. The Morgan fingerprint density at radius 2 is 1.55 bits per heavy atom. The van der Waals surface area contributed by atoms with E-state index in [0.717, 1.165) is 0 Å². The molecule has 0 aliphatic heterocycles. The fourth-order valence-electron chi connectivity index (χ4n) is 4.32. The summed E-state index contributed by atoms with van der Waals surface area (Å²) in [6.45, 7) is 10.1. The number of halogens is 2. The van der Waals surface area contributed by atoms with Crippen molar-refractivity contribution in [3.8, 4) is 0 Å². The summed E-state index contributed by atoms with van der Waals surface area (Å²) in [5.41, 5.74) is 0.575. The molecule has 0 saturated carbocycles. The predicted molar refractivity (Wildman–Crippen MR) is 164 cm³/mol. The van der Waals surface area contributed by atoms with Crippen LogP contribution in [0.4, 0.5) is 5.69 Å². The van der Waals surface area contributed by atoms with Crippen LogP contribution in [0.3, 0.4) is 0 Å². The summed E-state index contributed by atoms with van der Waals surface area (Å²) in [5, 5.41) is 31.1. The average molecular weight is 624 g/mol. The van der Waals surface area contributed by atoms with Gasteiger partial charge in [-0.1, -0.05) is 70.0 Å². The number of rotatable bonds is 15. The number of carbonyl (C=O) groups is 3. The minimum atomic E-state index is -1.11. The molecule has 2 rings (SSSR count). The molecule has 0 saturated heterocycles. The zero-order valence-electron chi connectivity index (χ0n) is 24.5. The Bertz CT molecular complexity index is 1240. The van der Waals surface area contributed by atoms with E-state index in [1.54, 1.807) is 6.92 Å². The van der Waals surface area contributed by atoms with E-state index in [9.17, 15) is 29.6 Å². The van der Waals surface area contributed by atoms with Gasteiger partial charge in [0.1, 0.15) is 6.04 Å². The maximum absolute atomic E-state index is 13.6. The number of aliphatic hydroxyl groups is 1. The molecule has 0 aliphatic carbocycles. The molecular weight excluding hydrogens is 583 g/mol. The third-order valence-electron chi connectivity index (χ3n) is 6.63. The molecule has 42 heavy (non-hydrogen) atoms. The van der Waals surface area contributed by atoms with Gasteiger partial charge in [-0.15, -0.1) is 0 Å². The highest BCUT2D eigenvalue weighted by atomic mass is 35.5. The molecule has 0 fully saturated rings. The van der Waals surface area contributed by atoms with Crippen LogP contribution < -0.4 is 16.0 Å². The number of nitro benzene ring substituents is 1. The Morgan fingerprint density at radius 1 is 0.905 bits per heavy atom. The number of nitro groups is 1. The second-order valence-electron chi connectivity index (χ2n) is 11.4. The van der Waals surface area contributed by atoms with E-state index in [1.807, 2.05) is 27.7 Å². The molecule has 0 radical (unpaired) electrons. The number of non-ortho nitro benzene ring substituents is 1. The van der Waals surface area contributed by atoms with Gasteiger partial charge < -0.3 is 21.1 Å². The molecule has 2 aromatic carbocycles. The topological polar surface area (TPSA) is 151 Å². The molecule has 2 aromatic rings. The van der Waals surface area contributed by atoms with Gasteiger partial charge in [0, 0.05) is 36.0 Å². The van der Waals surface area contributed by atoms with Gasteiger partial charge >= 0.3 is 0 Å². The predicted octanol–water partition coefficient (Wildman–Crippen LogP) is 4.93. The summed E-state index contributed by atoms with van der Waals surface area (Å²) >= 11 is 12.2. The van der Waals surface area contributed by atoms with Gasteiger partial charge in [0.2, 0.25) is 11.8 Å². The zero-order valence-corrected chi connectivity index (χ0v) is 26.0. The molecule has 0 spiro atoms. The summed E-state index contributed by atoms with van der Waals surface area (Å²) in [6, 6.07) is 8.21. The van der Waals surface area contributed by atoms with Gasteiger partial charge in [-0.3, -0.25) is 24.5 Å². The Kier molecular flexibility index (Phi) is 13.7. The smallest absolute Gasteiger partial charge is 0.269 e. The molecule has 3 amide bonds. The molecule has 4 atom stereocenters. The van der Waals surface area contributed by atoms with Crippen molar-refractivity contribution in [1.29, 1.82) is 0 Å². The molecule has 230 valence electrons. The van der Waals surface area contributed by atoms with E-state index in [1.165, 1.54) is 42.5 Å². The van der Waals surface area contributed by atoms with E-state index >= 15 is 0 Å². The molecule has 0 heterocycles. The van der Waals surface area contributed by atoms with Crippen molar-refractivity contribution in [3.63, 3.8) is 0 Å². The third-order valence-corrected chi connectivity index (χ3v) is 7.18. The first-order valence-corrected chi connectivity index (χ1v) is 14.7. The van der Waals surface area contributed by atoms with Crippen molar-refractivity contribution >= 4 is 46.6 Å². The van der Waals surface area contributed by atoms with Gasteiger partial charge in [-0.2, -0.15) is 0 Å². The number of benzene rings is 2. The first kappa shape index (κ1) is 35.0. The van der Waals surface area contributed by atoms with Crippen molar-refractivity contribution in [2.75, 3.05) is 6.54 Å². The monoisotopic (exact) mass is 622 g/mol. The lowest BCUT2D eigenvalue weighted by Crippen LogP contribution is -2.54. The van der Waals surface area contributed by atoms with E-state index in [-0.39, 0.29) is 46.9 Å². The highest BCUT2D eigenvalue weighted by Crippen LogP contribution is 2.22. The fraction of sp³-hybridized carbons (Fsp3) is 0.500. The second-order valence-corrected chi connectivity index (χ2v) is 12.2. The van der Waals surface area contributed by atoms with Crippen LogP contribution >= 0.6 is 23.2 Å². The van der Waals surface area contributed by atoms with E-state index in [0.29, 0.717) is 23.6 Å². The lowest BCUT2D eigenvalue weighted by molar-refractivity contribution is -0.384. The van der Waals surface area contributed by atoms with Crippen molar-refractivity contribution < 1.29 is 24.4 Å². The van der Waals surface area contributed by atoms with Crippen molar-refractivity contribution in [1.82, 2.24) is 16.0 Å². The van der Waals surface area contributed by atoms with Crippen LogP contribution in [0, 0.1) is 27.9 Å².